The number of ether oxygens (including phenoxy) is 1. The highest BCUT2D eigenvalue weighted by Gasteiger charge is 2.66. The fraction of sp³-hybridized carbons (Fsp3) is 0.619. The quantitative estimate of drug-likeness (QED) is 0.629. The van der Waals surface area contributed by atoms with Crippen molar-refractivity contribution >= 4 is 11.9 Å². The number of guanidine groups is 1. The summed E-state index contributed by atoms with van der Waals surface area (Å²) < 4.78 is 6.00. The van der Waals surface area contributed by atoms with E-state index in [9.17, 15) is 4.79 Å². The number of benzene rings is 1. The molecule has 1 aromatic rings. The average molecular weight is 370 g/mol. The Kier molecular flexibility index (Phi) is 4.84. The number of amides is 1. The van der Waals surface area contributed by atoms with E-state index in [-0.39, 0.29) is 5.91 Å². The number of hydrogen-bond acceptors (Lipinski definition) is 3. The molecule has 6 nitrogen and oxygen atoms in total. The second kappa shape index (κ2) is 7.15. The zero-order valence-electron chi connectivity index (χ0n) is 16.5. The summed E-state index contributed by atoms with van der Waals surface area (Å²) in [5.74, 6) is 1.50. The summed E-state index contributed by atoms with van der Waals surface area (Å²) in [5.41, 5.74) is 2.18. The Hall–Kier alpha value is -2.08. The molecule has 0 bridgehead atoms. The molecule has 3 atom stereocenters. The lowest BCUT2D eigenvalue weighted by Gasteiger charge is -2.63. The summed E-state index contributed by atoms with van der Waals surface area (Å²) in [7, 11) is 5.36. The van der Waals surface area contributed by atoms with Crippen LogP contribution >= 0.6 is 0 Å². The highest BCUT2D eigenvalue weighted by atomic mass is 16.5. The summed E-state index contributed by atoms with van der Waals surface area (Å²) in [4.78, 5) is 18.0. The molecule has 2 saturated carbocycles. The molecule has 3 aliphatic rings. The van der Waals surface area contributed by atoms with Crippen molar-refractivity contribution in [2.24, 2.45) is 16.3 Å². The predicted molar refractivity (Wildman–Crippen MR) is 106 cm³/mol. The zero-order valence-corrected chi connectivity index (χ0v) is 16.5. The molecule has 1 amide bonds. The lowest BCUT2D eigenvalue weighted by atomic mass is 9.46. The van der Waals surface area contributed by atoms with Crippen LogP contribution in [0.2, 0.25) is 0 Å². The molecular formula is C21H30N4O2. The van der Waals surface area contributed by atoms with Gasteiger partial charge in [-0.1, -0.05) is 18.6 Å². The molecule has 2 aliphatic carbocycles. The van der Waals surface area contributed by atoms with Crippen LogP contribution in [0.5, 0.6) is 0 Å². The van der Waals surface area contributed by atoms with Crippen LogP contribution in [0.15, 0.2) is 29.3 Å². The Labute approximate surface area is 161 Å². The summed E-state index contributed by atoms with van der Waals surface area (Å²) in [6.07, 6.45) is 5.47. The number of fused-ring (bicyclic) bond motifs is 2. The molecule has 3 unspecified atom stereocenters. The van der Waals surface area contributed by atoms with E-state index < -0.39 is 0 Å². The van der Waals surface area contributed by atoms with Crippen LogP contribution in [0.1, 0.15) is 41.6 Å². The number of nitrogens with one attached hydrogen (secondary N) is 2. The van der Waals surface area contributed by atoms with Crippen molar-refractivity contribution in [2.75, 3.05) is 27.7 Å². The monoisotopic (exact) mass is 370 g/mol. The molecule has 6 heteroatoms. The maximum Gasteiger partial charge on any atom is 0.253 e. The first kappa shape index (κ1) is 18.3. The van der Waals surface area contributed by atoms with Crippen LogP contribution in [0.4, 0.5) is 0 Å². The van der Waals surface area contributed by atoms with Gasteiger partial charge in [-0.05, 0) is 37.0 Å². The number of aliphatic imine (C=N–C) groups is 1. The molecule has 4 rings (SSSR count). The standard InChI is InChI=1S/C21H30N4O2/c1-22-20(23-13-14-5-7-15(8-6-14)19(26)25(2)3)24-17-16-9-12-27-18(16)21(17)10-4-11-21/h5-8,16-18H,4,9-13H2,1-3H3,(H2,22,23,24). The van der Waals surface area contributed by atoms with Gasteiger partial charge in [0, 0.05) is 57.2 Å². The highest BCUT2D eigenvalue weighted by molar-refractivity contribution is 5.93. The van der Waals surface area contributed by atoms with Crippen molar-refractivity contribution < 1.29 is 9.53 Å². The van der Waals surface area contributed by atoms with E-state index in [1.165, 1.54) is 19.3 Å². The lowest BCUT2D eigenvalue weighted by molar-refractivity contribution is -0.171. The van der Waals surface area contributed by atoms with Crippen molar-refractivity contribution in [2.45, 2.75) is 44.4 Å². The first-order valence-electron chi connectivity index (χ1n) is 9.94. The normalized spacial score (nSPS) is 28.1. The molecular weight excluding hydrogens is 340 g/mol. The molecule has 1 saturated heterocycles. The summed E-state index contributed by atoms with van der Waals surface area (Å²) in [5, 5.41) is 7.11. The van der Waals surface area contributed by atoms with Crippen molar-refractivity contribution in [1.29, 1.82) is 0 Å². The van der Waals surface area contributed by atoms with Crippen LogP contribution in [0.25, 0.3) is 0 Å². The fourth-order valence-electron chi connectivity index (χ4n) is 5.01. The minimum Gasteiger partial charge on any atom is -0.377 e. The molecule has 0 radical (unpaired) electrons. The van der Waals surface area contributed by atoms with Gasteiger partial charge in [0.1, 0.15) is 0 Å². The molecule has 0 aromatic heterocycles. The summed E-state index contributed by atoms with van der Waals surface area (Å²) >= 11 is 0. The minimum atomic E-state index is 0.0242. The second-order valence-electron chi connectivity index (χ2n) is 8.27. The average Bonchev–Trinajstić information content (AvgIpc) is 3.05. The van der Waals surface area contributed by atoms with E-state index in [0.717, 1.165) is 24.6 Å². The maximum absolute atomic E-state index is 12.0. The molecule has 1 aromatic carbocycles. The largest absolute Gasteiger partial charge is 0.377 e. The number of carbonyl (C=O) groups is 1. The Morgan fingerprint density at radius 2 is 2.04 bits per heavy atom. The first-order valence-corrected chi connectivity index (χ1v) is 9.94. The summed E-state index contributed by atoms with van der Waals surface area (Å²) in [6, 6.07) is 8.23. The Balaban J connectivity index is 1.34. The molecule has 2 N–H and O–H groups in total. The van der Waals surface area contributed by atoms with E-state index in [2.05, 4.69) is 15.6 Å². The van der Waals surface area contributed by atoms with Crippen LogP contribution in [0, 0.1) is 11.3 Å². The van der Waals surface area contributed by atoms with Crippen LogP contribution < -0.4 is 10.6 Å². The van der Waals surface area contributed by atoms with E-state index >= 15 is 0 Å². The van der Waals surface area contributed by atoms with E-state index in [1.54, 1.807) is 19.0 Å². The second-order valence-corrected chi connectivity index (χ2v) is 8.27. The Morgan fingerprint density at radius 3 is 2.63 bits per heavy atom. The van der Waals surface area contributed by atoms with E-state index in [0.29, 0.717) is 35.6 Å². The van der Waals surface area contributed by atoms with Crippen molar-refractivity contribution in [3.05, 3.63) is 35.4 Å². The van der Waals surface area contributed by atoms with Gasteiger partial charge in [0.25, 0.3) is 5.91 Å². The molecule has 27 heavy (non-hydrogen) atoms. The third-order valence-corrected chi connectivity index (χ3v) is 6.62. The Bertz CT molecular complexity index is 724. The predicted octanol–water partition coefficient (Wildman–Crippen LogP) is 2.01. The molecule has 1 aliphatic heterocycles. The van der Waals surface area contributed by atoms with Gasteiger partial charge in [-0.2, -0.15) is 0 Å². The van der Waals surface area contributed by atoms with Gasteiger partial charge in [0.15, 0.2) is 5.96 Å². The molecule has 146 valence electrons. The molecule has 1 spiro atoms. The smallest absolute Gasteiger partial charge is 0.253 e. The Morgan fingerprint density at radius 1 is 1.30 bits per heavy atom. The van der Waals surface area contributed by atoms with Crippen LogP contribution in [-0.4, -0.2) is 56.7 Å². The van der Waals surface area contributed by atoms with Gasteiger partial charge in [0.2, 0.25) is 0 Å². The summed E-state index contributed by atoms with van der Waals surface area (Å²) in [6.45, 7) is 1.58. The molecule has 1 heterocycles. The SMILES string of the molecule is CN=C(NCc1ccc(C(=O)N(C)C)cc1)NC1C2CCOC2C12CCC2. The van der Waals surface area contributed by atoms with Crippen LogP contribution in [-0.2, 0) is 11.3 Å². The number of nitrogens with zero attached hydrogens (tertiary/aromatic N) is 2. The van der Waals surface area contributed by atoms with Gasteiger partial charge in [0.05, 0.1) is 6.10 Å². The number of hydrogen-bond donors (Lipinski definition) is 2. The molecule has 3 fully saturated rings. The third kappa shape index (κ3) is 3.10. The van der Waals surface area contributed by atoms with Gasteiger partial charge in [-0.15, -0.1) is 0 Å². The first-order chi connectivity index (χ1) is 13.0. The fourth-order valence-corrected chi connectivity index (χ4v) is 5.01. The van der Waals surface area contributed by atoms with Gasteiger partial charge in [-0.3, -0.25) is 9.79 Å². The van der Waals surface area contributed by atoms with E-state index in [1.807, 2.05) is 31.3 Å². The number of carbonyl (C=O) groups excluding carboxylic acids is 1. The highest BCUT2D eigenvalue weighted by Crippen LogP contribution is 2.62. The van der Waals surface area contributed by atoms with Crippen molar-refractivity contribution in [1.82, 2.24) is 15.5 Å². The zero-order chi connectivity index (χ0) is 19.0. The minimum absolute atomic E-state index is 0.0242. The number of rotatable bonds is 4. The van der Waals surface area contributed by atoms with E-state index in [4.69, 9.17) is 4.74 Å². The van der Waals surface area contributed by atoms with Gasteiger partial charge in [-0.25, -0.2) is 0 Å². The lowest BCUT2D eigenvalue weighted by Crippen LogP contribution is -2.72. The van der Waals surface area contributed by atoms with Crippen molar-refractivity contribution in [3.63, 3.8) is 0 Å². The maximum atomic E-state index is 12.0. The van der Waals surface area contributed by atoms with Gasteiger partial charge < -0.3 is 20.3 Å². The third-order valence-electron chi connectivity index (χ3n) is 6.62. The topological polar surface area (TPSA) is 66.0 Å². The van der Waals surface area contributed by atoms with Crippen molar-refractivity contribution in [3.8, 4) is 0 Å². The van der Waals surface area contributed by atoms with Gasteiger partial charge >= 0.3 is 0 Å². The van der Waals surface area contributed by atoms with Crippen LogP contribution in [0.3, 0.4) is 0 Å².